The van der Waals surface area contributed by atoms with Gasteiger partial charge in [0.2, 0.25) is 5.91 Å². The Morgan fingerprint density at radius 2 is 2.38 bits per heavy atom. The van der Waals surface area contributed by atoms with E-state index in [-0.39, 0.29) is 11.9 Å². The van der Waals surface area contributed by atoms with Gasteiger partial charge in [-0.2, -0.15) is 0 Å². The van der Waals surface area contributed by atoms with Gasteiger partial charge in [-0.25, -0.2) is 9.97 Å². The van der Waals surface area contributed by atoms with Crippen LogP contribution in [-0.2, 0) is 11.3 Å². The predicted molar refractivity (Wildman–Crippen MR) is 83.4 cm³/mol. The van der Waals surface area contributed by atoms with Crippen molar-refractivity contribution in [2.75, 3.05) is 11.9 Å². The lowest BCUT2D eigenvalue weighted by atomic mass is 10.2. The minimum Gasteiger partial charge on any atom is -0.301 e. The van der Waals surface area contributed by atoms with Gasteiger partial charge < -0.3 is 5.32 Å². The van der Waals surface area contributed by atoms with Crippen molar-refractivity contribution in [3.8, 4) is 0 Å². The number of likely N-dealkylation sites (tertiary alicyclic amines) is 1. The highest BCUT2D eigenvalue weighted by Gasteiger charge is 2.30. The minimum atomic E-state index is -0.107. The lowest BCUT2D eigenvalue weighted by Crippen LogP contribution is -2.39. The molecule has 21 heavy (non-hydrogen) atoms. The largest absolute Gasteiger partial charge is 0.301 e. The smallest absolute Gasteiger partial charge is 0.243 e. The second kappa shape index (κ2) is 6.51. The van der Waals surface area contributed by atoms with Crippen LogP contribution < -0.4 is 5.32 Å². The van der Waals surface area contributed by atoms with Crippen molar-refractivity contribution in [3.05, 3.63) is 40.6 Å². The van der Waals surface area contributed by atoms with Crippen LogP contribution in [0.15, 0.2) is 29.9 Å². The fourth-order valence-electron chi connectivity index (χ4n) is 2.52. The maximum atomic E-state index is 12.3. The Bertz CT molecular complexity index is 602. The summed E-state index contributed by atoms with van der Waals surface area (Å²) in [5, 5.41) is 5.86. The van der Waals surface area contributed by atoms with E-state index in [1.54, 1.807) is 18.5 Å². The van der Waals surface area contributed by atoms with Crippen molar-refractivity contribution in [1.29, 1.82) is 0 Å². The van der Waals surface area contributed by atoms with Gasteiger partial charge in [0.25, 0.3) is 0 Å². The van der Waals surface area contributed by atoms with Gasteiger partial charge in [0.15, 0.2) is 5.13 Å². The summed E-state index contributed by atoms with van der Waals surface area (Å²) < 4.78 is 0. The molecule has 3 rings (SSSR count). The average Bonchev–Trinajstić information content (AvgIpc) is 3.13. The van der Waals surface area contributed by atoms with E-state index < -0.39 is 0 Å². The van der Waals surface area contributed by atoms with Gasteiger partial charge in [-0.3, -0.25) is 9.69 Å². The zero-order chi connectivity index (χ0) is 14.7. The first-order valence-corrected chi connectivity index (χ1v) is 8.03. The number of halogens is 1. The Morgan fingerprint density at radius 3 is 3.10 bits per heavy atom. The van der Waals surface area contributed by atoms with Crippen molar-refractivity contribution >= 4 is 34.0 Å². The summed E-state index contributed by atoms with van der Waals surface area (Å²) in [4.78, 5) is 22.7. The predicted octanol–water partition coefficient (Wildman–Crippen LogP) is 2.79. The highest BCUT2D eigenvalue weighted by atomic mass is 35.5. The second-order valence-electron chi connectivity index (χ2n) is 4.94. The first-order valence-electron chi connectivity index (χ1n) is 6.77. The molecule has 5 nitrogen and oxygen atoms in total. The Balaban J connectivity index is 1.64. The molecule has 1 aliphatic heterocycles. The highest BCUT2D eigenvalue weighted by Crippen LogP contribution is 2.22. The maximum absolute atomic E-state index is 12.3. The normalized spacial score (nSPS) is 18.8. The molecule has 0 bridgehead atoms. The average molecular weight is 323 g/mol. The molecule has 110 valence electrons. The van der Waals surface area contributed by atoms with Crippen molar-refractivity contribution in [3.63, 3.8) is 0 Å². The molecule has 1 N–H and O–H groups in total. The number of aromatic nitrogens is 2. The van der Waals surface area contributed by atoms with E-state index >= 15 is 0 Å². The Kier molecular flexibility index (Phi) is 4.48. The van der Waals surface area contributed by atoms with Crippen molar-refractivity contribution in [2.45, 2.75) is 25.4 Å². The van der Waals surface area contributed by atoms with Crippen LogP contribution in [-0.4, -0.2) is 33.4 Å². The molecule has 2 aromatic heterocycles. The van der Waals surface area contributed by atoms with Crippen LogP contribution in [0.25, 0.3) is 0 Å². The molecule has 1 aliphatic rings. The minimum absolute atomic E-state index is 0.0179. The van der Waals surface area contributed by atoms with Gasteiger partial charge >= 0.3 is 0 Å². The molecule has 7 heteroatoms. The molecule has 1 unspecified atom stereocenters. The van der Waals surface area contributed by atoms with Gasteiger partial charge in [-0.15, -0.1) is 11.3 Å². The second-order valence-corrected chi connectivity index (χ2v) is 6.23. The van der Waals surface area contributed by atoms with Crippen molar-refractivity contribution < 1.29 is 4.79 Å². The molecule has 0 radical (unpaired) electrons. The molecular weight excluding hydrogens is 308 g/mol. The summed E-state index contributed by atoms with van der Waals surface area (Å²) in [7, 11) is 0. The molecule has 2 aromatic rings. The van der Waals surface area contributed by atoms with E-state index in [2.05, 4.69) is 20.2 Å². The van der Waals surface area contributed by atoms with Crippen LogP contribution >= 0.6 is 22.9 Å². The molecule has 1 amide bonds. The van der Waals surface area contributed by atoms with E-state index in [4.69, 9.17) is 11.6 Å². The lowest BCUT2D eigenvalue weighted by molar-refractivity contribution is -0.120. The SMILES string of the molecule is O=C(Nc1nccs1)C1CCCN1Cc1ccc(Cl)nc1. The van der Waals surface area contributed by atoms with E-state index in [0.29, 0.717) is 16.8 Å². The molecule has 1 atom stereocenters. The summed E-state index contributed by atoms with van der Waals surface area (Å²) in [6.45, 7) is 1.62. The number of anilines is 1. The summed E-state index contributed by atoms with van der Waals surface area (Å²) in [5.41, 5.74) is 1.06. The van der Waals surface area contributed by atoms with Crippen LogP contribution in [0.2, 0.25) is 5.15 Å². The van der Waals surface area contributed by atoms with Gasteiger partial charge in [0.1, 0.15) is 5.15 Å². The quantitative estimate of drug-likeness (QED) is 0.879. The zero-order valence-corrected chi connectivity index (χ0v) is 12.9. The molecule has 0 saturated carbocycles. The van der Waals surface area contributed by atoms with E-state index in [1.807, 2.05) is 11.4 Å². The first kappa shape index (κ1) is 14.4. The third-order valence-corrected chi connectivity index (χ3v) is 4.42. The fourth-order valence-corrected chi connectivity index (χ4v) is 3.16. The van der Waals surface area contributed by atoms with Gasteiger partial charge in [0.05, 0.1) is 6.04 Å². The first-order chi connectivity index (χ1) is 10.2. The summed E-state index contributed by atoms with van der Waals surface area (Å²) in [6.07, 6.45) is 5.34. The number of carbonyl (C=O) groups is 1. The summed E-state index contributed by atoms with van der Waals surface area (Å²) in [6, 6.07) is 3.62. The highest BCUT2D eigenvalue weighted by molar-refractivity contribution is 7.13. The van der Waals surface area contributed by atoms with Gasteiger partial charge in [-0.05, 0) is 31.0 Å². The molecular formula is C14H15ClN4OS. The molecule has 0 aromatic carbocycles. The number of hydrogen-bond acceptors (Lipinski definition) is 5. The monoisotopic (exact) mass is 322 g/mol. The number of pyridine rings is 1. The third kappa shape index (κ3) is 3.58. The molecule has 0 aliphatic carbocycles. The van der Waals surface area contributed by atoms with Gasteiger partial charge in [-0.1, -0.05) is 17.7 Å². The summed E-state index contributed by atoms with van der Waals surface area (Å²) in [5.74, 6) is 0.0179. The number of nitrogens with zero attached hydrogens (tertiary/aromatic N) is 3. The zero-order valence-electron chi connectivity index (χ0n) is 11.3. The number of nitrogens with one attached hydrogen (secondary N) is 1. The molecule has 0 spiro atoms. The van der Waals surface area contributed by atoms with Gasteiger partial charge in [0, 0.05) is 24.3 Å². The number of hydrogen-bond donors (Lipinski definition) is 1. The topological polar surface area (TPSA) is 58.1 Å². The maximum Gasteiger partial charge on any atom is 0.243 e. The van der Waals surface area contributed by atoms with E-state index in [9.17, 15) is 4.79 Å². The molecule has 1 fully saturated rings. The number of amides is 1. The van der Waals surface area contributed by atoms with Crippen molar-refractivity contribution in [1.82, 2.24) is 14.9 Å². The van der Waals surface area contributed by atoms with Crippen LogP contribution in [0, 0.1) is 0 Å². The van der Waals surface area contributed by atoms with Crippen LogP contribution in [0.3, 0.4) is 0 Å². The van der Waals surface area contributed by atoms with Crippen LogP contribution in [0.5, 0.6) is 0 Å². The summed E-state index contributed by atoms with van der Waals surface area (Å²) >= 11 is 7.22. The Morgan fingerprint density at radius 1 is 1.48 bits per heavy atom. The fraction of sp³-hybridized carbons (Fsp3) is 0.357. The number of carbonyl (C=O) groups excluding carboxylic acids is 1. The number of rotatable bonds is 4. The van der Waals surface area contributed by atoms with Crippen LogP contribution in [0.1, 0.15) is 18.4 Å². The molecule has 1 saturated heterocycles. The Hall–Kier alpha value is -1.50. The Labute approximate surface area is 132 Å². The van der Waals surface area contributed by atoms with E-state index in [0.717, 1.165) is 24.9 Å². The van der Waals surface area contributed by atoms with Crippen molar-refractivity contribution in [2.24, 2.45) is 0 Å². The standard InChI is InChI=1S/C14H15ClN4OS/c15-12-4-3-10(8-17-12)9-19-6-1-2-11(19)13(20)18-14-16-5-7-21-14/h3-5,7-8,11H,1-2,6,9H2,(H,16,18,20). The van der Waals surface area contributed by atoms with Crippen LogP contribution in [0.4, 0.5) is 5.13 Å². The van der Waals surface area contributed by atoms with E-state index in [1.165, 1.54) is 11.3 Å². The lowest BCUT2D eigenvalue weighted by Gasteiger charge is -2.23. The number of thiazole rings is 1. The molecule has 3 heterocycles. The third-order valence-electron chi connectivity index (χ3n) is 3.50.